The van der Waals surface area contributed by atoms with Crippen LogP contribution in [0.2, 0.25) is 5.02 Å². The molecule has 0 aliphatic carbocycles. The minimum absolute atomic E-state index is 0.00503. The third kappa shape index (κ3) is 4.54. The molecule has 6 nitrogen and oxygen atoms in total. The molecule has 2 heterocycles. The van der Waals surface area contributed by atoms with E-state index in [1.54, 1.807) is 24.5 Å². The Hall–Kier alpha value is -3.12. The third-order valence-corrected chi connectivity index (χ3v) is 5.62. The first-order valence-electron chi connectivity index (χ1n) is 9.85. The van der Waals surface area contributed by atoms with Crippen molar-refractivity contribution in [3.8, 4) is 0 Å². The van der Waals surface area contributed by atoms with E-state index in [1.807, 2.05) is 47.4 Å². The van der Waals surface area contributed by atoms with Gasteiger partial charge >= 0.3 is 11.1 Å². The standard InChI is InChI=1S/C23H22ClN3O3/c24-20-8-6-18(7-9-20)13-25-10-11-26(23(30)22(25)29)15-19-12-21(28)27(16-19)14-17-4-2-1-3-5-17/h1-11,19H,12-16H2. The fourth-order valence-corrected chi connectivity index (χ4v) is 3.93. The number of carbonyl (C=O) groups is 1. The molecule has 154 valence electrons. The van der Waals surface area contributed by atoms with E-state index in [2.05, 4.69) is 0 Å². The van der Waals surface area contributed by atoms with E-state index >= 15 is 0 Å². The zero-order valence-corrected chi connectivity index (χ0v) is 17.2. The molecule has 7 heteroatoms. The fourth-order valence-electron chi connectivity index (χ4n) is 3.81. The molecule has 1 aromatic heterocycles. The Bertz CT molecular complexity index is 1150. The summed E-state index contributed by atoms with van der Waals surface area (Å²) < 4.78 is 2.81. The van der Waals surface area contributed by atoms with Gasteiger partial charge in [-0.1, -0.05) is 54.1 Å². The zero-order valence-electron chi connectivity index (χ0n) is 16.4. The highest BCUT2D eigenvalue weighted by Gasteiger charge is 2.30. The molecule has 1 atom stereocenters. The summed E-state index contributed by atoms with van der Waals surface area (Å²) in [5.74, 6) is 0.0819. The molecule has 2 aromatic carbocycles. The van der Waals surface area contributed by atoms with Crippen LogP contribution in [-0.4, -0.2) is 26.5 Å². The Morgan fingerprint density at radius 1 is 0.800 bits per heavy atom. The minimum Gasteiger partial charge on any atom is -0.338 e. The van der Waals surface area contributed by atoms with Crippen molar-refractivity contribution in [2.24, 2.45) is 5.92 Å². The monoisotopic (exact) mass is 423 g/mol. The summed E-state index contributed by atoms with van der Waals surface area (Å²) in [4.78, 5) is 39.3. The van der Waals surface area contributed by atoms with Crippen molar-refractivity contribution in [3.63, 3.8) is 0 Å². The molecule has 1 amide bonds. The predicted molar refractivity (Wildman–Crippen MR) is 115 cm³/mol. The van der Waals surface area contributed by atoms with Gasteiger partial charge in [-0.2, -0.15) is 0 Å². The van der Waals surface area contributed by atoms with Gasteiger partial charge in [0.25, 0.3) is 0 Å². The molecule has 4 rings (SSSR count). The number of nitrogens with zero attached hydrogens (tertiary/aromatic N) is 3. The summed E-state index contributed by atoms with van der Waals surface area (Å²) in [5.41, 5.74) is 0.823. The fraction of sp³-hybridized carbons (Fsp3) is 0.261. The largest absolute Gasteiger partial charge is 0.338 e. The van der Waals surface area contributed by atoms with Gasteiger partial charge in [0, 0.05) is 49.4 Å². The van der Waals surface area contributed by atoms with Crippen LogP contribution in [-0.2, 0) is 24.4 Å². The lowest BCUT2D eigenvalue weighted by molar-refractivity contribution is -0.128. The number of carbonyl (C=O) groups excluding carboxylic acids is 1. The molecule has 0 bridgehead atoms. The van der Waals surface area contributed by atoms with Crippen molar-refractivity contribution in [2.75, 3.05) is 6.54 Å². The lowest BCUT2D eigenvalue weighted by Crippen LogP contribution is -2.41. The summed E-state index contributed by atoms with van der Waals surface area (Å²) in [6, 6.07) is 17.0. The van der Waals surface area contributed by atoms with Gasteiger partial charge in [0.15, 0.2) is 0 Å². The lowest BCUT2D eigenvalue weighted by Gasteiger charge is -2.17. The number of hydrogen-bond donors (Lipinski definition) is 0. The molecular weight excluding hydrogens is 402 g/mol. The summed E-state index contributed by atoms with van der Waals surface area (Å²) in [6.07, 6.45) is 3.63. The smallest absolute Gasteiger partial charge is 0.316 e. The van der Waals surface area contributed by atoms with Gasteiger partial charge in [-0.25, -0.2) is 0 Å². The van der Waals surface area contributed by atoms with Crippen LogP contribution in [0, 0.1) is 5.92 Å². The second kappa shape index (κ2) is 8.71. The highest BCUT2D eigenvalue weighted by Crippen LogP contribution is 2.21. The molecule has 1 saturated heterocycles. The highest BCUT2D eigenvalue weighted by molar-refractivity contribution is 6.30. The van der Waals surface area contributed by atoms with Crippen LogP contribution >= 0.6 is 11.6 Å². The van der Waals surface area contributed by atoms with Crippen LogP contribution in [0.5, 0.6) is 0 Å². The molecule has 1 fully saturated rings. The third-order valence-electron chi connectivity index (χ3n) is 5.36. The molecule has 0 radical (unpaired) electrons. The normalized spacial score (nSPS) is 16.2. The molecule has 1 unspecified atom stereocenters. The Balaban J connectivity index is 1.44. The Morgan fingerprint density at radius 3 is 2.17 bits per heavy atom. The average Bonchev–Trinajstić information content (AvgIpc) is 3.09. The van der Waals surface area contributed by atoms with E-state index in [-0.39, 0.29) is 11.8 Å². The number of amides is 1. The van der Waals surface area contributed by atoms with Gasteiger partial charge in [-0.3, -0.25) is 14.4 Å². The van der Waals surface area contributed by atoms with E-state index in [0.29, 0.717) is 37.6 Å². The molecule has 0 saturated carbocycles. The minimum atomic E-state index is -0.571. The second-order valence-corrected chi connectivity index (χ2v) is 8.08. The molecule has 3 aromatic rings. The van der Waals surface area contributed by atoms with Gasteiger partial charge in [0.2, 0.25) is 5.91 Å². The van der Waals surface area contributed by atoms with Gasteiger partial charge in [0.1, 0.15) is 0 Å². The van der Waals surface area contributed by atoms with Crippen LogP contribution in [0.4, 0.5) is 0 Å². The van der Waals surface area contributed by atoms with Crippen LogP contribution in [0.25, 0.3) is 0 Å². The summed E-state index contributed by atoms with van der Waals surface area (Å²) in [5, 5.41) is 0.619. The van der Waals surface area contributed by atoms with Gasteiger partial charge < -0.3 is 14.0 Å². The van der Waals surface area contributed by atoms with E-state index < -0.39 is 11.1 Å². The molecule has 1 aliphatic rings. The van der Waals surface area contributed by atoms with E-state index in [4.69, 9.17) is 11.6 Å². The SMILES string of the molecule is O=C1CC(Cn2ccn(Cc3ccc(Cl)cc3)c(=O)c2=O)CN1Cc1ccccc1. The molecule has 1 aliphatic heterocycles. The molecule has 30 heavy (non-hydrogen) atoms. The number of halogens is 1. The van der Waals surface area contributed by atoms with Crippen LogP contribution < -0.4 is 11.1 Å². The summed E-state index contributed by atoms with van der Waals surface area (Å²) in [6.45, 7) is 1.80. The Kier molecular flexibility index (Phi) is 5.86. The van der Waals surface area contributed by atoms with E-state index in [1.165, 1.54) is 9.13 Å². The number of rotatable bonds is 6. The molecular formula is C23H22ClN3O3. The highest BCUT2D eigenvalue weighted by atomic mass is 35.5. The van der Waals surface area contributed by atoms with Gasteiger partial charge in [-0.15, -0.1) is 0 Å². The maximum atomic E-state index is 12.6. The predicted octanol–water partition coefficient (Wildman–Crippen LogP) is 2.76. The lowest BCUT2D eigenvalue weighted by atomic mass is 10.1. The second-order valence-electron chi connectivity index (χ2n) is 7.65. The van der Waals surface area contributed by atoms with Crippen LogP contribution in [0.1, 0.15) is 17.5 Å². The van der Waals surface area contributed by atoms with Crippen molar-refractivity contribution < 1.29 is 4.79 Å². The van der Waals surface area contributed by atoms with Crippen LogP contribution in [0.15, 0.2) is 76.6 Å². The first kappa shape index (κ1) is 20.2. The van der Waals surface area contributed by atoms with E-state index in [9.17, 15) is 14.4 Å². The van der Waals surface area contributed by atoms with E-state index in [0.717, 1.165) is 11.1 Å². The number of aromatic nitrogens is 2. The quantitative estimate of drug-likeness (QED) is 0.573. The maximum Gasteiger partial charge on any atom is 0.316 e. The summed E-state index contributed by atoms with van der Waals surface area (Å²) in [7, 11) is 0. The van der Waals surface area contributed by atoms with Crippen molar-refractivity contribution >= 4 is 17.5 Å². The summed E-state index contributed by atoms with van der Waals surface area (Å²) >= 11 is 5.89. The molecule has 0 N–H and O–H groups in total. The van der Waals surface area contributed by atoms with Gasteiger partial charge in [-0.05, 0) is 23.3 Å². The van der Waals surface area contributed by atoms with Crippen molar-refractivity contribution in [1.82, 2.24) is 14.0 Å². The van der Waals surface area contributed by atoms with Gasteiger partial charge in [0.05, 0.1) is 6.54 Å². The zero-order chi connectivity index (χ0) is 21.1. The Morgan fingerprint density at radius 2 is 1.43 bits per heavy atom. The topological polar surface area (TPSA) is 64.3 Å². The molecule has 0 spiro atoms. The first-order valence-corrected chi connectivity index (χ1v) is 10.2. The number of benzene rings is 2. The average molecular weight is 424 g/mol. The number of hydrogen-bond acceptors (Lipinski definition) is 3. The maximum absolute atomic E-state index is 12.6. The first-order chi connectivity index (χ1) is 14.5. The van der Waals surface area contributed by atoms with Crippen molar-refractivity contribution in [1.29, 1.82) is 0 Å². The Labute approximate surface area is 179 Å². The van der Waals surface area contributed by atoms with Crippen LogP contribution in [0.3, 0.4) is 0 Å². The van der Waals surface area contributed by atoms with Crippen molar-refractivity contribution in [2.45, 2.75) is 26.1 Å². The number of likely N-dealkylation sites (tertiary alicyclic amines) is 1. The van der Waals surface area contributed by atoms with Crippen molar-refractivity contribution in [3.05, 3.63) is 104 Å².